The zero-order valence-electron chi connectivity index (χ0n) is 10.1. The molecule has 0 radical (unpaired) electrons. The van der Waals surface area contributed by atoms with Crippen LogP contribution in [0.4, 0.5) is 0 Å². The smallest absolute Gasteiger partial charge is 0.0944 e. The summed E-state index contributed by atoms with van der Waals surface area (Å²) in [7, 11) is 0. The molecule has 1 aromatic carbocycles. The molecule has 4 heteroatoms. The van der Waals surface area contributed by atoms with Gasteiger partial charge in [0.2, 0.25) is 0 Å². The van der Waals surface area contributed by atoms with Crippen molar-refractivity contribution in [1.29, 1.82) is 0 Å². The lowest BCUT2D eigenvalue weighted by atomic mass is 10.00. The second-order valence-corrected chi connectivity index (χ2v) is 5.25. The largest absolute Gasteiger partial charge is 0.271 e. The van der Waals surface area contributed by atoms with Crippen LogP contribution < -0.4 is 11.3 Å². The maximum Gasteiger partial charge on any atom is 0.0944 e. The van der Waals surface area contributed by atoms with Crippen LogP contribution in [0.25, 0.3) is 0 Å². The third-order valence-electron chi connectivity index (χ3n) is 2.71. The van der Waals surface area contributed by atoms with Crippen LogP contribution in [0.1, 0.15) is 27.7 Å². The van der Waals surface area contributed by atoms with Crippen molar-refractivity contribution in [3.8, 4) is 0 Å². The van der Waals surface area contributed by atoms with Crippen molar-refractivity contribution in [2.45, 2.75) is 26.3 Å². The highest BCUT2D eigenvalue weighted by Gasteiger charge is 2.12. The first-order valence-electron chi connectivity index (χ1n) is 5.61. The van der Waals surface area contributed by atoms with Gasteiger partial charge in [-0.15, -0.1) is 11.3 Å². The van der Waals surface area contributed by atoms with Gasteiger partial charge in [0.05, 0.1) is 11.0 Å². The molecule has 2 aromatic rings. The second kappa shape index (κ2) is 5.40. The predicted octanol–water partition coefficient (Wildman–Crippen LogP) is 2.51. The fourth-order valence-electron chi connectivity index (χ4n) is 2.01. The van der Waals surface area contributed by atoms with Crippen LogP contribution >= 0.6 is 11.3 Å². The fourth-order valence-corrected chi connectivity index (χ4v) is 2.68. The number of aromatic nitrogens is 1. The van der Waals surface area contributed by atoms with Crippen molar-refractivity contribution in [3.63, 3.8) is 0 Å². The molecule has 1 atom stereocenters. The topological polar surface area (TPSA) is 50.9 Å². The Hall–Kier alpha value is -1.23. The first-order chi connectivity index (χ1) is 8.19. The number of nitrogens with two attached hydrogens (primary N) is 1. The molecule has 2 rings (SSSR count). The van der Waals surface area contributed by atoms with Crippen molar-refractivity contribution in [2.75, 3.05) is 0 Å². The van der Waals surface area contributed by atoms with E-state index >= 15 is 0 Å². The third kappa shape index (κ3) is 3.12. The molecule has 3 N–H and O–H groups in total. The summed E-state index contributed by atoms with van der Waals surface area (Å²) in [6.07, 6.45) is 2.66. The molecule has 0 aliphatic heterocycles. The Kier molecular flexibility index (Phi) is 3.89. The molecule has 0 saturated heterocycles. The van der Waals surface area contributed by atoms with E-state index in [0.717, 1.165) is 11.4 Å². The van der Waals surface area contributed by atoms with Gasteiger partial charge in [-0.3, -0.25) is 11.3 Å². The molecule has 0 bridgehead atoms. The molecular weight excluding hydrogens is 230 g/mol. The van der Waals surface area contributed by atoms with Crippen LogP contribution in [0.3, 0.4) is 0 Å². The van der Waals surface area contributed by atoms with Gasteiger partial charge in [0.25, 0.3) is 0 Å². The van der Waals surface area contributed by atoms with E-state index in [-0.39, 0.29) is 6.04 Å². The van der Waals surface area contributed by atoms with Crippen molar-refractivity contribution in [3.05, 3.63) is 51.5 Å². The summed E-state index contributed by atoms with van der Waals surface area (Å²) in [5, 5.41) is 3.09. The second-order valence-electron chi connectivity index (χ2n) is 4.27. The summed E-state index contributed by atoms with van der Waals surface area (Å²) >= 11 is 1.66. The first kappa shape index (κ1) is 12.2. The number of hydrogen-bond acceptors (Lipinski definition) is 4. The number of rotatable bonds is 4. The minimum Gasteiger partial charge on any atom is -0.271 e. The van der Waals surface area contributed by atoms with Gasteiger partial charge in [-0.1, -0.05) is 29.3 Å². The van der Waals surface area contributed by atoms with Gasteiger partial charge in [0.1, 0.15) is 0 Å². The Balaban J connectivity index is 2.22. The SMILES string of the molecule is Cc1cc(C)cc(C(Cc2nccs2)NN)c1. The van der Waals surface area contributed by atoms with Crippen molar-refractivity contribution >= 4 is 11.3 Å². The molecule has 0 aliphatic rings. The summed E-state index contributed by atoms with van der Waals surface area (Å²) in [5.74, 6) is 5.65. The Labute approximate surface area is 106 Å². The molecule has 1 aromatic heterocycles. The third-order valence-corrected chi connectivity index (χ3v) is 3.51. The molecule has 17 heavy (non-hydrogen) atoms. The lowest BCUT2D eigenvalue weighted by molar-refractivity contribution is 0.550. The van der Waals surface area contributed by atoms with Crippen LogP contribution in [0, 0.1) is 13.8 Å². The van der Waals surface area contributed by atoms with Crippen molar-refractivity contribution in [1.82, 2.24) is 10.4 Å². The van der Waals surface area contributed by atoms with Gasteiger partial charge in [-0.05, 0) is 19.4 Å². The van der Waals surface area contributed by atoms with Crippen molar-refractivity contribution < 1.29 is 0 Å². The van der Waals surface area contributed by atoms with E-state index < -0.39 is 0 Å². The summed E-state index contributed by atoms with van der Waals surface area (Å²) < 4.78 is 0. The monoisotopic (exact) mass is 247 g/mol. The van der Waals surface area contributed by atoms with E-state index in [1.807, 2.05) is 11.6 Å². The van der Waals surface area contributed by atoms with Gasteiger partial charge < -0.3 is 0 Å². The van der Waals surface area contributed by atoms with E-state index in [1.165, 1.54) is 16.7 Å². The number of hydrogen-bond donors (Lipinski definition) is 2. The highest BCUT2D eigenvalue weighted by atomic mass is 32.1. The van der Waals surface area contributed by atoms with Crippen molar-refractivity contribution in [2.24, 2.45) is 5.84 Å². The average molecular weight is 247 g/mol. The molecule has 1 unspecified atom stereocenters. The summed E-state index contributed by atoms with van der Waals surface area (Å²) in [6.45, 7) is 4.21. The minimum absolute atomic E-state index is 0.125. The highest BCUT2D eigenvalue weighted by molar-refractivity contribution is 7.09. The quantitative estimate of drug-likeness (QED) is 0.644. The van der Waals surface area contributed by atoms with Crippen LogP contribution in [-0.2, 0) is 6.42 Å². The van der Waals surface area contributed by atoms with Crippen LogP contribution in [-0.4, -0.2) is 4.98 Å². The summed E-state index contributed by atoms with van der Waals surface area (Å²) in [5.41, 5.74) is 6.63. The van der Waals surface area contributed by atoms with E-state index in [2.05, 4.69) is 42.5 Å². The molecule has 0 aliphatic carbocycles. The zero-order valence-corrected chi connectivity index (χ0v) is 10.9. The maximum atomic E-state index is 5.65. The molecule has 0 saturated carbocycles. The first-order valence-corrected chi connectivity index (χ1v) is 6.49. The molecule has 90 valence electrons. The standard InChI is InChI=1S/C13H17N3S/c1-9-5-10(2)7-11(6-9)12(16-14)8-13-15-3-4-17-13/h3-7,12,16H,8,14H2,1-2H3. The van der Waals surface area contributed by atoms with Gasteiger partial charge in [-0.2, -0.15) is 0 Å². The number of benzene rings is 1. The summed E-state index contributed by atoms with van der Waals surface area (Å²) in [4.78, 5) is 4.30. The Morgan fingerprint density at radius 2 is 2.00 bits per heavy atom. The van der Waals surface area contributed by atoms with E-state index in [0.29, 0.717) is 0 Å². The number of nitrogens with zero attached hydrogens (tertiary/aromatic N) is 1. The molecule has 0 spiro atoms. The Morgan fingerprint density at radius 3 is 2.53 bits per heavy atom. The van der Waals surface area contributed by atoms with Gasteiger partial charge in [0, 0.05) is 18.0 Å². The minimum atomic E-state index is 0.125. The van der Waals surface area contributed by atoms with Gasteiger partial charge >= 0.3 is 0 Å². The van der Waals surface area contributed by atoms with Crippen LogP contribution in [0.2, 0.25) is 0 Å². The molecule has 0 amide bonds. The number of nitrogens with one attached hydrogen (secondary N) is 1. The van der Waals surface area contributed by atoms with Gasteiger partial charge in [-0.25, -0.2) is 4.98 Å². The average Bonchev–Trinajstić information content (AvgIpc) is 2.77. The zero-order chi connectivity index (χ0) is 12.3. The molecular formula is C13H17N3S. The summed E-state index contributed by atoms with van der Waals surface area (Å²) in [6, 6.07) is 6.64. The lowest BCUT2D eigenvalue weighted by Gasteiger charge is -2.16. The number of hydrazine groups is 1. The Morgan fingerprint density at radius 1 is 1.29 bits per heavy atom. The molecule has 3 nitrogen and oxygen atoms in total. The van der Waals surface area contributed by atoms with Gasteiger partial charge in [0.15, 0.2) is 0 Å². The number of aryl methyl sites for hydroxylation is 2. The number of thiazole rings is 1. The maximum absolute atomic E-state index is 5.65. The van der Waals surface area contributed by atoms with Crippen LogP contribution in [0.5, 0.6) is 0 Å². The Bertz CT molecular complexity index is 459. The van der Waals surface area contributed by atoms with E-state index in [9.17, 15) is 0 Å². The van der Waals surface area contributed by atoms with E-state index in [1.54, 1.807) is 11.3 Å². The fraction of sp³-hybridized carbons (Fsp3) is 0.308. The normalized spacial score (nSPS) is 12.6. The highest BCUT2D eigenvalue weighted by Crippen LogP contribution is 2.21. The lowest BCUT2D eigenvalue weighted by Crippen LogP contribution is -2.29. The van der Waals surface area contributed by atoms with Crippen LogP contribution in [0.15, 0.2) is 29.8 Å². The van der Waals surface area contributed by atoms with E-state index in [4.69, 9.17) is 5.84 Å². The predicted molar refractivity (Wildman–Crippen MR) is 71.8 cm³/mol. The molecule has 1 heterocycles. The molecule has 0 fully saturated rings.